The number of nitrogens with one attached hydrogen (secondary N) is 1. The normalized spacial score (nSPS) is 19.8. The van der Waals surface area contributed by atoms with E-state index in [2.05, 4.69) is 26.1 Å². The molecule has 0 aromatic rings. The third-order valence-corrected chi connectivity index (χ3v) is 3.31. The summed E-state index contributed by atoms with van der Waals surface area (Å²) in [5.41, 5.74) is -0.0505. The predicted octanol–water partition coefficient (Wildman–Crippen LogP) is 1.93. The molecule has 0 radical (unpaired) electrons. The van der Waals surface area contributed by atoms with Crippen LogP contribution in [0.2, 0.25) is 0 Å². The highest BCUT2D eigenvalue weighted by molar-refractivity contribution is 4.75. The number of hydrogen-bond donors (Lipinski definition) is 1. The average Bonchev–Trinajstić information content (AvgIpc) is 2.79. The Balaban J connectivity index is 2.31. The second-order valence-corrected chi connectivity index (χ2v) is 5.16. The number of methoxy groups -OCH3 is 1. The first-order chi connectivity index (χ1) is 8.07. The van der Waals surface area contributed by atoms with E-state index >= 15 is 0 Å². The van der Waals surface area contributed by atoms with Gasteiger partial charge >= 0.3 is 0 Å². The Morgan fingerprint density at radius 2 is 2.00 bits per heavy atom. The van der Waals surface area contributed by atoms with E-state index in [1.165, 1.54) is 0 Å². The maximum Gasteiger partial charge on any atom is 0.159 e. The zero-order valence-corrected chi connectivity index (χ0v) is 11.6. The summed E-state index contributed by atoms with van der Waals surface area (Å²) in [6.45, 7) is 8.81. The van der Waals surface area contributed by atoms with E-state index in [1.54, 1.807) is 7.11 Å². The van der Waals surface area contributed by atoms with Crippen molar-refractivity contribution in [1.29, 1.82) is 0 Å². The van der Waals surface area contributed by atoms with E-state index in [4.69, 9.17) is 14.2 Å². The van der Waals surface area contributed by atoms with Crippen molar-refractivity contribution in [1.82, 2.24) is 5.32 Å². The van der Waals surface area contributed by atoms with Crippen LogP contribution < -0.4 is 5.32 Å². The first-order valence-corrected chi connectivity index (χ1v) is 6.59. The molecule has 1 heterocycles. The van der Waals surface area contributed by atoms with E-state index in [-0.39, 0.29) is 11.9 Å². The van der Waals surface area contributed by atoms with Gasteiger partial charge in [-0.05, 0) is 33.2 Å². The molecule has 4 nitrogen and oxygen atoms in total. The fourth-order valence-electron chi connectivity index (χ4n) is 1.99. The van der Waals surface area contributed by atoms with Crippen LogP contribution in [0.15, 0.2) is 0 Å². The summed E-state index contributed by atoms with van der Waals surface area (Å²) in [6, 6.07) is 0.442. The van der Waals surface area contributed by atoms with Crippen molar-refractivity contribution in [3.05, 3.63) is 0 Å². The van der Waals surface area contributed by atoms with Gasteiger partial charge in [-0.2, -0.15) is 0 Å². The Bertz CT molecular complexity index is 203. The van der Waals surface area contributed by atoms with E-state index in [0.717, 1.165) is 39.0 Å². The molecule has 0 bridgehead atoms. The van der Waals surface area contributed by atoms with Crippen molar-refractivity contribution in [2.24, 2.45) is 0 Å². The first kappa shape index (κ1) is 14.9. The van der Waals surface area contributed by atoms with Crippen LogP contribution in [-0.2, 0) is 14.2 Å². The monoisotopic (exact) mass is 245 g/mol. The fourth-order valence-corrected chi connectivity index (χ4v) is 1.99. The van der Waals surface area contributed by atoms with Crippen LogP contribution in [-0.4, -0.2) is 44.8 Å². The highest BCUT2D eigenvalue weighted by atomic mass is 16.7. The van der Waals surface area contributed by atoms with Crippen LogP contribution in [0.25, 0.3) is 0 Å². The molecule has 0 spiro atoms. The summed E-state index contributed by atoms with van der Waals surface area (Å²) in [7, 11) is 1.77. The van der Waals surface area contributed by atoms with Crippen molar-refractivity contribution in [2.75, 3.05) is 26.9 Å². The van der Waals surface area contributed by atoms with Gasteiger partial charge in [-0.1, -0.05) is 6.92 Å². The van der Waals surface area contributed by atoms with E-state index in [1.807, 2.05) is 0 Å². The first-order valence-electron chi connectivity index (χ1n) is 6.59. The minimum atomic E-state index is -0.0505. The van der Waals surface area contributed by atoms with Crippen molar-refractivity contribution in [2.45, 2.75) is 58.0 Å². The molecule has 0 aliphatic carbocycles. The summed E-state index contributed by atoms with van der Waals surface area (Å²) in [4.78, 5) is 0. The van der Waals surface area contributed by atoms with Crippen LogP contribution in [0.5, 0.6) is 0 Å². The molecule has 1 unspecified atom stereocenters. The second kappa shape index (κ2) is 7.31. The average molecular weight is 245 g/mol. The lowest BCUT2D eigenvalue weighted by Crippen LogP contribution is -2.35. The molecule has 1 fully saturated rings. The summed E-state index contributed by atoms with van der Waals surface area (Å²) in [5, 5.41) is 3.49. The zero-order valence-electron chi connectivity index (χ0n) is 11.6. The van der Waals surface area contributed by atoms with Gasteiger partial charge in [0, 0.05) is 19.6 Å². The molecule has 1 saturated heterocycles. The molecule has 1 N–H and O–H groups in total. The summed E-state index contributed by atoms with van der Waals surface area (Å²) in [5.74, 6) is 0. The lowest BCUT2D eigenvalue weighted by atomic mass is 9.97. The summed E-state index contributed by atoms with van der Waals surface area (Å²) >= 11 is 0. The Morgan fingerprint density at radius 1 is 1.35 bits per heavy atom. The highest BCUT2D eigenvalue weighted by Gasteiger charge is 2.23. The molecule has 0 amide bonds. The Kier molecular flexibility index (Phi) is 6.41. The highest BCUT2D eigenvalue weighted by Crippen LogP contribution is 2.20. The van der Waals surface area contributed by atoms with Gasteiger partial charge in [0.2, 0.25) is 0 Å². The van der Waals surface area contributed by atoms with Crippen molar-refractivity contribution < 1.29 is 14.2 Å². The Labute approximate surface area is 105 Å². The fraction of sp³-hybridized carbons (Fsp3) is 1.00. The van der Waals surface area contributed by atoms with Crippen molar-refractivity contribution in [3.63, 3.8) is 0 Å². The van der Waals surface area contributed by atoms with E-state index < -0.39 is 0 Å². The maximum atomic E-state index is 5.49. The van der Waals surface area contributed by atoms with Crippen LogP contribution in [0, 0.1) is 0 Å². The smallest absolute Gasteiger partial charge is 0.159 e. The lowest BCUT2D eigenvalue weighted by Gasteiger charge is -2.27. The zero-order chi connectivity index (χ0) is 12.7. The Morgan fingerprint density at radius 3 is 2.53 bits per heavy atom. The molecule has 0 aromatic carbocycles. The molecule has 1 aliphatic heterocycles. The molecule has 102 valence electrons. The molecule has 1 atom stereocenters. The van der Waals surface area contributed by atoms with Gasteiger partial charge in [0.05, 0.1) is 18.8 Å². The van der Waals surface area contributed by atoms with Crippen molar-refractivity contribution >= 4 is 0 Å². The van der Waals surface area contributed by atoms with E-state index in [9.17, 15) is 0 Å². The van der Waals surface area contributed by atoms with Crippen molar-refractivity contribution in [3.8, 4) is 0 Å². The van der Waals surface area contributed by atoms with Crippen LogP contribution in [0.1, 0.15) is 40.0 Å². The van der Waals surface area contributed by atoms with Crippen LogP contribution in [0.3, 0.4) is 0 Å². The molecular formula is C13H27NO3. The standard InChI is InChI=1S/C13H27NO3/c1-5-14-11(6-7-13(2,3)15-4)10-12-16-8-9-17-12/h11-12,14H,5-10H2,1-4H3. The van der Waals surface area contributed by atoms with Gasteiger partial charge in [0.15, 0.2) is 6.29 Å². The maximum absolute atomic E-state index is 5.49. The van der Waals surface area contributed by atoms with Gasteiger partial charge in [-0.3, -0.25) is 0 Å². The quantitative estimate of drug-likeness (QED) is 0.709. The van der Waals surface area contributed by atoms with Gasteiger partial charge in [-0.25, -0.2) is 0 Å². The number of hydrogen-bond acceptors (Lipinski definition) is 4. The molecule has 1 rings (SSSR count). The van der Waals surface area contributed by atoms with Crippen LogP contribution in [0.4, 0.5) is 0 Å². The van der Waals surface area contributed by atoms with Crippen LogP contribution >= 0.6 is 0 Å². The molecule has 0 saturated carbocycles. The van der Waals surface area contributed by atoms with Gasteiger partial charge in [0.1, 0.15) is 0 Å². The largest absolute Gasteiger partial charge is 0.379 e. The van der Waals surface area contributed by atoms with Gasteiger partial charge in [0.25, 0.3) is 0 Å². The number of ether oxygens (including phenoxy) is 3. The summed E-state index contributed by atoms with van der Waals surface area (Å²) in [6.07, 6.45) is 3.02. The lowest BCUT2D eigenvalue weighted by molar-refractivity contribution is -0.0553. The number of rotatable bonds is 8. The minimum Gasteiger partial charge on any atom is -0.379 e. The van der Waals surface area contributed by atoms with Gasteiger partial charge in [-0.15, -0.1) is 0 Å². The van der Waals surface area contributed by atoms with Gasteiger partial charge < -0.3 is 19.5 Å². The Hall–Kier alpha value is -0.160. The molecule has 4 heteroatoms. The third kappa shape index (κ3) is 5.82. The topological polar surface area (TPSA) is 39.7 Å². The van der Waals surface area contributed by atoms with E-state index in [0.29, 0.717) is 6.04 Å². The SMILES string of the molecule is CCNC(CCC(C)(C)OC)CC1OCCO1. The minimum absolute atomic E-state index is 0.0234. The second-order valence-electron chi connectivity index (χ2n) is 5.16. The predicted molar refractivity (Wildman–Crippen MR) is 68.1 cm³/mol. The third-order valence-electron chi connectivity index (χ3n) is 3.31. The molecular weight excluding hydrogens is 218 g/mol. The summed E-state index contributed by atoms with van der Waals surface area (Å²) < 4.78 is 16.4. The molecule has 1 aliphatic rings. The molecule has 17 heavy (non-hydrogen) atoms. The molecule has 0 aromatic heterocycles.